The minimum absolute atomic E-state index is 0.00117. The van der Waals surface area contributed by atoms with Crippen molar-refractivity contribution in [3.05, 3.63) is 51.9 Å². The number of hydrogen-bond acceptors (Lipinski definition) is 5. The van der Waals surface area contributed by atoms with E-state index in [1.165, 1.54) is 0 Å². The lowest BCUT2D eigenvalue weighted by atomic mass is 10.0. The summed E-state index contributed by atoms with van der Waals surface area (Å²) >= 11 is 0. The second kappa shape index (κ2) is 5.57. The van der Waals surface area contributed by atoms with Crippen LogP contribution >= 0.6 is 0 Å². The molecule has 3 aromatic rings. The summed E-state index contributed by atoms with van der Waals surface area (Å²) in [5, 5.41) is 0.876. The quantitative estimate of drug-likeness (QED) is 0.663. The van der Waals surface area contributed by atoms with Gasteiger partial charge in [-0.2, -0.15) is 9.87 Å². The van der Waals surface area contributed by atoms with E-state index in [9.17, 15) is 4.79 Å². The van der Waals surface area contributed by atoms with E-state index in [-0.39, 0.29) is 11.7 Å². The van der Waals surface area contributed by atoms with Crippen molar-refractivity contribution in [3.8, 4) is 22.8 Å². The molecule has 0 unspecified atom stereocenters. The molecule has 0 radical (unpaired) electrons. The van der Waals surface area contributed by atoms with Crippen LogP contribution in [0.5, 0.6) is 11.5 Å². The van der Waals surface area contributed by atoms with Crippen LogP contribution in [0.1, 0.15) is 31.0 Å². The van der Waals surface area contributed by atoms with Gasteiger partial charge in [-0.3, -0.25) is 4.57 Å². The van der Waals surface area contributed by atoms with Crippen LogP contribution < -0.4 is 15.3 Å². The van der Waals surface area contributed by atoms with Gasteiger partial charge in [0.2, 0.25) is 0 Å². The van der Waals surface area contributed by atoms with E-state index in [0.29, 0.717) is 24.7 Å². The van der Waals surface area contributed by atoms with Crippen LogP contribution in [0, 0.1) is 0 Å². The summed E-state index contributed by atoms with van der Waals surface area (Å²) in [6.07, 6.45) is 0.872. The molecule has 0 bridgehead atoms. The summed E-state index contributed by atoms with van der Waals surface area (Å²) in [5.41, 5.74) is 4.25. The number of benzene rings is 2. The Bertz CT molecular complexity index is 1100. The van der Waals surface area contributed by atoms with Gasteiger partial charge in [0.1, 0.15) is 12.4 Å². The van der Waals surface area contributed by atoms with Crippen molar-refractivity contribution in [1.29, 1.82) is 0 Å². The summed E-state index contributed by atoms with van der Waals surface area (Å²) in [6.45, 7) is 5.04. The second-order valence-electron chi connectivity index (χ2n) is 6.95. The largest absolute Gasteiger partial charge is 0.493 e. The molecule has 0 amide bonds. The number of nitrogens with zero attached hydrogens (tertiary/aromatic N) is 2. The molecule has 5 rings (SSSR count). The first kappa shape index (κ1) is 15.4. The van der Waals surface area contributed by atoms with Crippen molar-refractivity contribution < 1.29 is 14.5 Å². The molecule has 132 valence electrons. The molecule has 3 heterocycles. The number of fused-ring (bicyclic) bond motifs is 3. The fourth-order valence-corrected chi connectivity index (χ4v) is 3.71. The zero-order chi connectivity index (χ0) is 17.8. The van der Waals surface area contributed by atoms with Crippen LogP contribution in [0.2, 0.25) is 0 Å². The molecule has 0 spiro atoms. The molecule has 2 aromatic carbocycles. The Kier molecular flexibility index (Phi) is 3.30. The fourth-order valence-electron chi connectivity index (χ4n) is 3.71. The molecule has 6 heteroatoms. The van der Waals surface area contributed by atoms with Gasteiger partial charge < -0.3 is 9.62 Å². The standard InChI is InChI=1S/C20H18N2O4/c1-11(2)22-16-8-14-10-25-26-18(14)9-15(16)19(21-20(22)23)13-3-4-17-12(7-13)5-6-24-17/h3-4,7-9,11H,5-6,10H2,1-2H3. The Morgan fingerprint density at radius 3 is 2.85 bits per heavy atom. The fraction of sp³-hybridized carbons (Fsp3) is 0.300. The molecule has 0 saturated heterocycles. The van der Waals surface area contributed by atoms with Crippen molar-refractivity contribution in [2.45, 2.75) is 32.9 Å². The minimum atomic E-state index is -0.251. The van der Waals surface area contributed by atoms with Gasteiger partial charge in [-0.15, -0.1) is 0 Å². The van der Waals surface area contributed by atoms with Gasteiger partial charge in [0, 0.05) is 29.0 Å². The van der Waals surface area contributed by atoms with Crippen molar-refractivity contribution >= 4 is 10.9 Å². The highest BCUT2D eigenvalue weighted by Gasteiger charge is 2.22. The van der Waals surface area contributed by atoms with Crippen LogP contribution in [0.4, 0.5) is 0 Å². The third-order valence-electron chi connectivity index (χ3n) is 4.95. The zero-order valence-corrected chi connectivity index (χ0v) is 14.6. The minimum Gasteiger partial charge on any atom is -0.493 e. The first-order chi connectivity index (χ1) is 12.6. The topological polar surface area (TPSA) is 62.6 Å². The monoisotopic (exact) mass is 350 g/mol. The maximum atomic E-state index is 12.8. The summed E-state index contributed by atoms with van der Waals surface area (Å²) < 4.78 is 7.30. The van der Waals surface area contributed by atoms with Crippen molar-refractivity contribution in [2.75, 3.05) is 6.61 Å². The Hall–Kier alpha value is -2.86. The van der Waals surface area contributed by atoms with Crippen molar-refractivity contribution in [3.63, 3.8) is 0 Å². The predicted octanol–water partition coefficient (Wildman–Crippen LogP) is 3.40. The summed E-state index contributed by atoms with van der Waals surface area (Å²) in [6, 6.07) is 9.86. The van der Waals surface area contributed by atoms with E-state index in [0.717, 1.165) is 39.8 Å². The summed E-state index contributed by atoms with van der Waals surface area (Å²) in [5.74, 6) is 1.59. The van der Waals surface area contributed by atoms with E-state index >= 15 is 0 Å². The lowest BCUT2D eigenvalue weighted by Crippen LogP contribution is -2.25. The van der Waals surface area contributed by atoms with E-state index in [1.807, 2.05) is 38.1 Å². The van der Waals surface area contributed by atoms with E-state index in [4.69, 9.17) is 14.5 Å². The summed E-state index contributed by atoms with van der Waals surface area (Å²) in [4.78, 5) is 27.5. The maximum Gasteiger partial charge on any atom is 0.348 e. The van der Waals surface area contributed by atoms with Crippen molar-refractivity contribution in [2.24, 2.45) is 0 Å². The Morgan fingerprint density at radius 1 is 1.12 bits per heavy atom. The smallest absolute Gasteiger partial charge is 0.348 e. The van der Waals surface area contributed by atoms with Crippen LogP contribution in [-0.4, -0.2) is 16.2 Å². The van der Waals surface area contributed by atoms with Crippen LogP contribution in [0.15, 0.2) is 35.1 Å². The van der Waals surface area contributed by atoms with Gasteiger partial charge in [0.15, 0.2) is 5.75 Å². The van der Waals surface area contributed by atoms with E-state index in [2.05, 4.69) is 11.1 Å². The number of aromatic nitrogens is 2. The lowest BCUT2D eigenvalue weighted by molar-refractivity contribution is -0.194. The molecule has 0 fully saturated rings. The van der Waals surface area contributed by atoms with E-state index < -0.39 is 0 Å². The Labute approximate surface area is 149 Å². The Morgan fingerprint density at radius 2 is 2.00 bits per heavy atom. The molecule has 0 atom stereocenters. The first-order valence-corrected chi connectivity index (χ1v) is 8.76. The second-order valence-corrected chi connectivity index (χ2v) is 6.95. The molecule has 0 saturated carbocycles. The molecule has 1 aromatic heterocycles. The number of hydrogen-bond donors (Lipinski definition) is 0. The SMILES string of the molecule is CC(C)n1c(=O)nc(-c2ccc3c(c2)CCO3)c2cc3c(cc21)COO3. The maximum absolute atomic E-state index is 12.8. The van der Waals surface area contributed by atoms with E-state index in [1.54, 1.807) is 4.57 Å². The Balaban J connectivity index is 1.83. The molecule has 0 N–H and O–H groups in total. The van der Waals surface area contributed by atoms with Gasteiger partial charge in [0.25, 0.3) is 0 Å². The van der Waals surface area contributed by atoms with Crippen LogP contribution in [-0.2, 0) is 17.9 Å². The first-order valence-electron chi connectivity index (χ1n) is 8.76. The molecular formula is C20H18N2O4. The van der Waals surface area contributed by atoms with Crippen LogP contribution in [0.3, 0.4) is 0 Å². The van der Waals surface area contributed by atoms with Gasteiger partial charge >= 0.3 is 5.69 Å². The van der Waals surface area contributed by atoms with Gasteiger partial charge in [0.05, 0.1) is 17.8 Å². The molecule has 2 aliphatic heterocycles. The highest BCUT2D eigenvalue weighted by atomic mass is 17.2. The molecular weight excluding hydrogens is 332 g/mol. The number of ether oxygens (including phenoxy) is 1. The average Bonchev–Trinajstić information content (AvgIpc) is 3.26. The van der Waals surface area contributed by atoms with Gasteiger partial charge in [-0.1, -0.05) is 0 Å². The third-order valence-corrected chi connectivity index (χ3v) is 4.95. The molecule has 0 aliphatic carbocycles. The lowest BCUT2D eigenvalue weighted by Gasteiger charge is -2.16. The van der Waals surface area contributed by atoms with Gasteiger partial charge in [-0.05, 0) is 49.7 Å². The predicted molar refractivity (Wildman–Crippen MR) is 96.4 cm³/mol. The highest BCUT2D eigenvalue weighted by Crippen LogP contribution is 2.37. The van der Waals surface area contributed by atoms with Gasteiger partial charge in [-0.25, -0.2) is 4.79 Å². The van der Waals surface area contributed by atoms with Crippen LogP contribution in [0.25, 0.3) is 22.2 Å². The third kappa shape index (κ3) is 2.22. The van der Waals surface area contributed by atoms with Crippen molar-refractivity contribution in [1.82, 2.24) is 9.55 Å². The highest BCUT2D eigenvalue weighted by molar-refractivity contribution is 5.94. The molecule has 2 aliphatic rings. The average molecular weight is 350 g/mol. The molecule has 6 nitrogen and oxygen atoms in total. The molecule has 26 heavy (non-hydrogen) atoms. The number of rotatable bonds is 2. The zero-order valence-electron chi connectivity index (χ0n) is 14.6. The summed E-state index contributed by atoms with van der Waals surface area (Å²) in [7, 11) is 0. The normalized spacial score (nSPS) is 15.0.